The van der Waals surface area contributed by atoms with Crippen molar-refractivity contribution in [3.8, 4) is 11.3 Å². The van der Waals surface area contributed by atoms with Gasteiger partial charge < -0.3 is 20.3 Å². The first-order valence-corrected chi connectivity index (χ1v) is 11.1. The van der Waals surface area contributed by atoms with Gasteiger partial charge in [0.25, 0.3) is 0 Å². The van der Waals surface area contributed by atoms with E-state index in [1.165, 1.54) is 0 Å². The zero-order valence-electron chi connectivity index (χ0n) is 16.7. The van der Waals surface area contributed by atoms with Gasteiger partial charge in [-0.15, -0.1) is 0 Å². The van der Waals surface area contributed by atoms with Gasteiger partial charge in [-0.1, -0.05) is 23.2 Å². The van der Waals surface area contributed by atoms with Crippen LogP contribution in [-0.4, -0.2) is 42.1 Å². The molecule has 0 unspecified atom stereocenters. The Hall–Kier alpha value is -2.26. The molecule has 1 saturated heterocycles. The number of carbonyl (C=O) groups excluding carboxylic acids is 1. The van der Waals surface area contributed by atoms with Crippen molar-refractivity contribution in [3.63, 3.8) is 0 Å². The smallest absolute Gasteiger partial charge is 0.323 e. The van der Waals surface area contributed by atoms with Crippen LogP contribution >= 0.6 is 39.1 Å². The standard InChI is InChI=1S/C21H20BrCl2N5O2/c1-28-20(17(22)12-25-28)13-8-15(11-16(9-13)29-4-6-31-7-5-29)26-21(30)27-19-3-2-14(23)10-18(19)24/h2-3,8-12H,4-7H2,1H3,(H2,26,27,30). The van der Waals surface area contributed by atoms with E-state index in [4.69, 9.17) is 27.9 Å². The molecule has 3 aromatic rings. The van der Waals surface area contributed by atoms with E-state index in [2.05, 4.69) is 42.6 Å². The summed E-state index contributed by atoms with van der Waals surface area (Å²) in [7, 11) is 1.88. The molecule has 0 saturated carbocycles. The highest BCUT2D eigenvalue weighted by Crippen LogP contribution is 2.34. The fraction of sp³-hybridized carbons (Fsp3) is 0.238. The molecule has 1 aliphatic heterocycles. The number of ether oxygens (including phenoxy) is 1. The van der Waals surface area contributed by atoms with E-state index in [1.807, 2.05) is 19.2 Å². The van der Waals surface area contributed by atoms with Gasteiger partial charge in [0.05, 0.1) is 40.3 Å². The van der Waals surface area contributed by atoms with Gasteiger partial charge in [0, 0.05) is 42.1 Å². The molecule has 31 heavy (non-hydrogen) atoms. The van der Waals surface area contributed by atoms with Crippen LogP contribution in [0.3, 0.4) is 0 Å². The van der Waals surface area contributed by atoms with E-state index in [1.54, 1.807) is 29.1 Å². The summed E-state index contributed by atoms with van der Waals surface area (Å²) in [4.78, 5) is 14.9. The number of amides is 2. The fourth-order valence-electron chi connectivity index (χ4n) is 3.44. The second kappa shape index (κ2) is 9.48. The molecular formula is C21H20BrCl2N5O2. The van der Waals surface area contributed by atoms with Gasteiger partial charge in [0.1, 0.15) is 0 Å². The van der Waals surface area contributed by atoms with Crippen LogP contribution in [0.15, 0.2) is 47.1 Å². The van der Waals surface area contributed by atoms with E-state index in [-0.39, 0.29) is 0 Å². The van der Waals surface area contributed by atoms with Crippen molar-refractivity contribution in [1.82, 2.24) is 9.78 Å². The molecule has 10 heteroatoms. The van der Waals surface area contributed by atoms with Crippen LogP contribution in [0.25, 0.3) is 11.3 Å². The monoisotopic (exact) mass is 523 g/mol. The number of nitrogens with zero attached hydrogens (tertiary/aromatic N) is 3. The zero-order valence-corrected chi connectivity index (χ0v) is 19.8. The summed E-state index contributed by atoms with van der Waals surface area (Å²) in [5.41, 5.74) is 3.96. The first-order valence-electron chi connectivity index (χ1n) is 9.59. The molecular weight excluding hydrogens is 505 g/mol. The maximum absolute atomic E-state index is 12.7. The number of rotatable bonds is 4. The van der Waals surface area contributed by atoms with Gasteiger partial charge in [-0.25, -0.2) is 4.79 Å². The highest BCUT2D eigenvalue weighted by Gasteiger charge is 2.17. The number of nitrogens with one attached hydrogen (secondary N) is 2. The van der Waals surface area contributed by atoms with E-state index in [0.29, 0.717) is 34.6 Å². The van der Waals surface area contributed by atoms with E-state index in [9.17, 15) is 4.79 Å². The molecule has 4 rings (SSSR count). The maximum atomic E-state index is 12.7. The minimum Gasteiger partial charge on any atom is -0.378 e. The van der Waals surface area contributed by atoms with Crippen molar-refractivity contribution in [2.24, 2.45) is 7.05 Å². The van der Waals surface area contributed by atoms with Gasteiger partial charge in [-0.05, 0) is 52.3 Å². The second-order valence-corrected chi connectivity index (χ2v) is 8.73. The lowest BCUT2D eigenvalue weighted by atomic mass is 10.1. The average molecular weight is 525 g/mol. The molecule has 2 N–H and O–H groups in total. The van der Waals surface area contributed by atoms with Crippen LogP contribution < -0.4 is 15.5 Å². The summed E-state index contributed by atoms with van der Waals surface area (Å²) >= 11 is 15.7. The molecule has 0 atom stereocenters. The predicted octanol–water partition coefficient (Wildman–Crippen LogP) is 5.64. The summed E-state index contributed by atoms with van der Waals surface area (Å²) in [6.45, 7) is 2.89. The Balaban J connectivity index is 1.64. The lowest BCUT2D eigenvalue weighted by Crippen LogP contribution is -2.36. The number of aryl methyl sites for hydroxylation is 1. The number of carbonyl (C=O) groups is 1. The van der Waals surface area contributed by atoms with Crippen LogP contribution in [0.4, 0.5) is 21.9 Å². The molecule has 0 spiro atoms. The van der Waals surface area contributed by atoms with Crippen LogP contribution in [0.2, 0.25) is 10.0 Å². The Labute approximate surface area is 198 Å². The van der Waals surface area contributed by atoms with Crippen molar-refractivity contribution >= 4 is 62.2 Å². The highest BCUT2D eigenvalue weighted by atomic mass is 79.9. The van der Waals surface area contributed by atoms with Gasteiger partial charge in [0.15, 0.2) is 0 Å². The number of halogens is 3. The lowest BCUT2D eigenvalue weighted by Gasteiger charge is -2.29. The van der Waals surface area contributed by atoms with E-state index < -0.39 is 6.03 Å². The lowest BCUT2D eigenvalue weighted by molar-refractivity contribution is 0.122. The summed E-state index contributed by atoms with van der Waals surface area (Å²) in [5, 5.41) is 10.8. The second-order valence-electron chi connectivity index (χ2n) is 7.04. The highest BCUT2D eigenvalue weighted by molar-refractivity contribution is 9.10. The Morgan fingerprint density at radius 3 is 2.58 bits per heavy atom. The number of urea groups is 1. The van der Waals surface area contributed by atoms with Crippen LogP contribution in [0.1, 0.15) is 0 Å². The van der Waals surface area contributed by atoms with Crippen molar-refractivity contribution in [2.45, 2.75) is 0 Å². The average Bonchev–Trinajstić information content (AvgIpc) is 3.08. The summed E-state index contributed by atoms with van der Waals surface area (Å²) in [5.74, 6) is 0. The topological polar surface area (TPSA) is 71.4 Å². The van der Waals surface area contributed by atoms with Crippen LogP contribution in [0, 0.1) is 0 Å². The molecule has 1 fully saturated rings. The summed E-state index contributed by atoms with van der Waals surface area (Å²) in [6.07, 6.45) is 1.75. The Morgan fingerprint density at radius 1 is 1.13 bits per heavy atom. The molecule has 2 aromatic carbocycles. The van der Waals surface area contributed by atoms with Gasteiger partial charge >= 0.3 is 6.03 Å². The molecule has 2 amide bonds. The number of aromatic nitrogens is 2. The summed E-state index contributed by atoms with van der Waals surface area (Å²) < 4.78 is 8.14. The third kappa shape index (κ3) is 5.15. The van der Waals surface area contributed by atoms with Crippen LogP contribution in [-0.2, 0) is 11.8 Å². The Kier molecular flexibility index (Phi) is 6.71. The number of hydrogen-bond acceptors (Lipinski definition) is 4. The number of hydrogen-bond donors (Lipinski definition) is 2. The van der Waals surface area contributed by atoms with Crippen molar-refractivity contribution in [1.29, 1.82) is 0 Å². The maximum Gasteiger partial charge on any atom is 0.323 e. The molecule has 1 aliphatic rings. The zero-order chi connectivity index (χ0) is 22.0. The fourth-order valence-corrected chi connectivity index (χ4v) is 4.47. The van der Waals surface area contributed by atoms with E-state index >= 15 is 0 Å². The van der Waals surface area contributed by atoms with Gasteiger partial charge in [0.2, 0.25) is 0 Å². The largest absolute Gasteiger partial charge is 0.378 e. The van der Waals surface area contributed by atoms with E-state index in [0.717, 1.165) is 34.5 Å². The minimum absolute atomic E-state index is 0.365. The normalized spacial score (nSPS) is 13.9. The number of benzene rings is 2. The molecule has 162 valence electrons. The minimum atomic E-state index is -0.404. The first-order chi connectivity index (χ1) is 14.9. The SMILES string of the molecule is Cn1ncc(Br)c1-c1cc(NC(=O)Nc2ccc(Cl)cc2Cl)cc(N2CCOCC2)c1. The molecule has 1 aromatic heterocycles. The van der Waals surface area contributed by atoms with Crippen molar-refractivity contribution in [3.05, 3.63) is 57.1 Å². The third-order valence-electron chi connectivity index (χ3n) is 4.90. The van der Waals surface area contributed by atoms with Gasteiger partial charge in [-0.2, -0.15) is 5.10 Å². The molecule has 0 bridgehead atoms. The number of morpholine rings is 1. The number of anilines is 3. The molecule has 7 nitrogen and oxygen atoms in total. The predicted molar refractivity (Wildman–Crippen MR) is 128 cm³/mol. The van der Waals surface area contributed by atoms with Crippen LogP contribution in [0.5, 0.6) is 0 Å². The van der Waals surface area contributed by atoms with Crippen molar-refractivity contribution in [2.75, 3.05) is 41.8 Å². The first kappa shape index (κ1) is 22.0. The summed E-state index contributed by atoms with van der Waals surface area (Å²) in [6, 6.07) is 10.4. The van der Waals surface area contributed by atoms with Gasteiger partial charge in [-0.3, -0.25) is 4.68 Å². The Bertz CT molecular complexity index is 1100. The Morgan fingerprint density at radius 2 is 1.90 bits per heavy atom. The molecule has 0 radical (unpaired) electrons. The van der Waals surface area contributed by atoms with Crippen molar-refractivity contribution < 1.29 is 9.53 Å². The quantitative estimate of drug-likeness (QED) is 0.463. The third-order valence-corrected chi connectivity index (χ3v) is 6.03. The molecule has 2 heterocycles. The molecule has 0 aliphatic carbocycles.